The third kappa shape index (κ3) is 6.58. The minimum atomic E-state index is -0.513. The number of aryl methyl sites for hydroxylation is 1. The van der Waals surface area contributed by atoms with Gasteiger partial charge in [-0.25, -0.2) is 14.6 Å². The molecule has 3 aromatic heterocycles. The number of methoxy groups -OCH3 is 1. The molecule has 6 rings (SSSR count). The molecule has 2 bridgehead atoms. The summed E-state index contributed by atoms with van der Waals surface area (Å²) in [6.45, 7) is 6.45. The van der Waals surface area contributed by atoms with Gasteiger partial charge in [0.15, 0.2) is 11.5 Å². The zero-order valence-corrected chi connectivity index (χ0v) is 24.5. The molecule has 0 saturated heterocycles. The van der Waals surface area contributed by atoms with Crippen molar-refractivity contribution in [2.45, 2.75) is 39.8 Å². The maximum absolute atomic E-state index is 13.7. The normalized spacial score (nSPS) is 17.0. The molecule has 226 valence electrons. The molecule has 2 aliphatic rings. The zero-order valence-electron chi connectivity index (χ0n) is 24.5. The second-order valence-electron chi connectivity index (χ2n) is 10.5. The first-order valence-corrected chi connectivity index (χ1v) is 14.0. The summed E-state index contributed by atoms with van der Waals surface area (Å²) in [5.74, 6) is 0.748. The van der Waals surface area contributed by atoms with Gasteiger partial charge >= 0.3 is 0 Å². The van der Waals surface area contributed by atoms with Crippen molar-refractivity contribution in [1.82, 2.24) is 40.4 Å². The van der Waals surface area contributed by atoms with E-state index in [4.69, 9.17) is 14.0 Å². The minimum absolute atomic E-state index is 0.0127. The van der Waals surface area contributed by atoms with Crippen LogP contribution in [0.15, 0.2) is 41.1 Å². The van der Waals surface area contributed by atoms with Crippen LogP contribution >= 0.6 is 0 Å². The van der Waals surface area contributed by atoms with Crippen LogP contribution in [0.1, 0.15) is 58.9 Å². The van der Waals surface area contributed by atoms with Gasteiger partial charge in [-0.05, 0) is 49.6 Å². The van der Waals surface area contributed by atoms with Crippen LogP contribution in [0.5, 0.6) is 11.5 Å². The van der Waals surface area contributed by atoms with E-state index in [1.54, 1.807) is 48.1 Å². The van der Waals surface area contributed by atoms with Crippen LogP contribution in [0.4, 0.5) is 0 Å². The van der Waals surface area contributed by atoms with E-state index in [2.05, 4.69) is 30.9 Å². The molecule has 0 saturated carbocycles. The lowest BCUT2D eigenvalue weighted by molar-refractivity contribution is -0.123. The van der Waals surface area contributed by atoms with Crippen molar-refractivity contribution in [3.8, 4) is 11.5 Å². The molecular formula is C29H34N8O6. The van der Waals surface area contributed by atoms with Gasteiger partial charge in [0, 0.05) is 24.8 Å². The molecular weight excluding hydrogens is 556 g/mol. The summed E-state index contributed by atoms with van der Waals surface area (Å²) in [6, 6.07) is 7.82. The van der Waals surface area contributed by atoms with Gasteiger partial charge in [-0.1, -0.05) is 19.0 Å². The van der Waals surface area contributed by atoms with Crippen molar-refractivity contribution >= 4 is 28.8 Å². The highest BCUT2D eigenvalue weighted by Gasteiger charge is 2.29. The summed E-state index contributed by atoms with van der Waals surface area (Å²) in [7, 11) is 1.51. The summed E-state index contributed by atoms with van der Waals surface area (Å²) in [5.41, 5.74) is 0.684. The Balaban J connectivity index is 1.46. The SMILES string of the molecule is COc1cc2ccc1OCCn1nc(C)nc1[C@H](C(C)C)NC(=O)CN(C(=O)c1onc3ncccc13)CCCNC2=O. The van der Waals surface area contributed by atoms with Crippen LogP contribution in [0.3, 0.4) is 0 Å². The molecule has 0 spiro atoms. The Morgan fingerprint density at radius 2 is 2.02 bits per heavy atom. The van der Waals surface area contributed by atoms with Crippen LogP contribution in [-0.2, 0) is 11.3 Å². The smallest absolute Gasteiger partial charge is 0.293 e. The molecule has 1 atom stereocenters. The molecule has 5 heterocycles. The lowest BCUT2D eigenvalue weighted by atomic mass is 10.0. The van der Waals surface area contributed by atoms with Crippen LogP contribution in [0.25, 0.3) is 11.0 Å². The summed E-state index contributed by atoms with van der Waals surface area (Å²) in [6.07, 6.45) is 1.92. The topological polar surface area (TPSA) is 167 Å². The lowest BCUT2D eigenvalue weighted by Crippen LogP contribution is -2.44. The van der Waals surface area contributed by atoms with Crippen molar-refractivity contribution in [1.29, 1.82) is 0 Å². The highest BCUT2D eigenvalue weighted by molar-refractivity contribution is 6.03. The summed E-state index contributed by atoms with van der Waals surface area (Å²) >= 11 is 0. The van der Waals surface area contributed by atoms with Gasteiger partial charge < -0.3 is 29.5 Å². The third-order valence-electron chi connectivity index (χ3n) is 7.02. The fraction of sp³-hybridized carbons (Fsp3) is 0.414. The Morgan fingerprint density at radius 3 is 2.81 bits per heavy atom. The van der Waals surface area contributed by atoms with E-state index in [9.17, 15) is 14.4 Å². The molecule has 1 aromatic carbocycles. The number of amides is 3. The first-order valence-electron chi connectivity index (χ1n) is 14.0. The number of hydrogen-bond acceptors (Lipinski definition) is 10. The second-order valence-corrected chi connectivity index (χ2v) is 10.5. The van der Waals surface area contributed by atoms with E-state index in [0.29, 0.717) is 52.7 Å². The average Bonchev–Trinajstić information content (AvgIpc) is 3.59. The number of hydrogen-bond donors (Lipinski definition) is 2. The zero-order chi connectivity index (χ0) is 30.5. The average molecular weight is 591 g/mol. The molecule has 0 fully saturated rings. The van der Waals surface area contributed by atoms with Gasteiger partial charge in [0.1, 0.15) is 18.3 Å². The number of benzene rings is 1. The van der Waals surface area contributed by atoms with E-state index in [1.165, 1.54) is 12.0 Å². The molecule has 2 N–H and O–H groups in total. The fourth-order valence-corrected chi connectivity index (χ4v) is 4.87. The Bertz CT molecular complexity index is 1630. The van der Waals surface area contributed by atoms with Crippen molar-refractivity contribution in [3.63, 3.8) is 0 Å². The number of nitrogens with one attached hydrogen (secondary N) is 2. The molecule has 0 aliphatic carbocycles. The van der Waals surface area contributed by atoms with E-state index in [0.717, 1.165) is 0 Å². The van der Waals surface area contributed by atoms with Crippen molar-refractivity contribution in [3.05, 3.63) is 59.5 Å². The van der Waals surface area contributed by atoms with E-state index < -0.39 is 11.9 Å². The largest absolute Gasteiger partial charge is 0.493 e. The van der Waals surface area contributed by atoms with E-state index in [1.807, 2.05) is 13.8 Å². The molecule has 3 amide bonds. The summed E-state index contributed by atoms with van der Waals surface area (Å²) < 4.78 is 18.5. The van der Waals surface area contributed by atoms with Crippen LogP contribution in [0.2, 0.25) is 0 Å². The quantitative estimate of drug-likeness (QED) is 0.361. The van der Waals surface area contributed by atoms with Crippen LogP contribution in [-0.4, -0.2) is 80.9 Å². The van der Waals surface area contributed by atoms with Gasteiger partial charge in [-0.2, -0.15) is 5.10 Å². The van der Waals surface area contributed by atoms with Gasteiger partial charge in [-0.3, -0.25) is 14.4 Å². The number of carbonyl (C=O) groups is 3. The fourth-order valence-electron chi connectivity index (χ4n) is 4.87. The Morgan fingerprint density at radius 1 is 1.19 bits per heavy atom. The standard InChI is InChI=1S/C29H34N8O6/c1-17(2)24-27-32-18(3)34-37(27)13-14-42-21-9-8-19(15-22(21)41-4)28(39)31-11-6-12-36(16-23(38)33-24)29(40)25-20-7-5-10-30-26(20)35-43-25/h5,7-10,15,17,24H,6,11-14,16H2,1-4H3,(H,31,39)(H,33,38)/t24-/m0/s1. The predicted molar refractivity (Wildman–Crippen MR) is 154 cm³/mol. The molecule has 14 heteroatoms. The Hall–Kier alpha value is -5.01. The van der Waals surface area contributed by atoms with Crippen molar-refractivity contribution < 1.29 is 28.4 Å². The first-order chi connectivity index (χ1) is 20.7. The summed E-state index contributed by atoms with van der Waals surface area (Å²) in [4.78, 5) is 50.1. The maximum Gasteiger partial charge on any atom is 0.293 e. The number of rotatable bonds is 3. The molecule has 4 aromatic rings. The Labute approximate surface area is 247 Å². The molecule has 14 nitrogen and oxygen atoms in total. The lowest BCUT2D eigenvalue weighted by Gasteiger charge is -2.25. The number of carbonyl (C=O) groups excluding carboxylic acids is 3. The maximum atomic E-state index is 13.7. The molecule has 0 radical (unpaired) electrons. The van der Waals surface area contributed by atoms with Crippen LogP contribution in [0, 0.1) is 12.8 Å². The van der Waals surface area contributed by atoms with E-state index >= 15 is 0 Å². The van der Waals surface area contributed by atoms with Gasteiger partial charge in [0.05, 0.1) is 31.6 Å². The second kappa shape index (κ2) is 12.9. The van der Waals surface area contributed by atoms with Crippen molar-refractivity contribution in [2.75, 3.05) is 33.4 Å². The predicted octanol–water partition coefficient (Wildman–Crippen LogP) is 2.30. The van der Waals surface area contributed by atoms with Crippen LogP contribution < -0.4 is 20.1 Å². The van der Waals surface area contributed by atoms with E-state index in [-0.39, 0.29) is 49.7 Å². The minimum Gasteiger partial charge on any atom is -0.493 e. The molecule has 2 aliphatic heterocycles. The van der Waals surface area contributed by atoms with Gasteiger partial charge in [-0.15, -0.1) is 0 Å². The number of nitrogens with zero attached hydrogens (tertiary/aromatic N) is 6. The summed E-state index contributed by atoms with van der Waals surface area (Å²) in [5, 5.41) is 14.8. The third-order valence-corrected chi connectivity index (χ3v) is 7.02. The monoisotopic (exact) mass is 590 g/mol. The number of pyridine rings is 1. The number of aromatic nitrogens is 5. The van der Waals surface area contributed by atoms with Gasteiger partial charge in [0.25, 0.3) is 11.8 Å². The first kappa shape index (κ1) is 29.5. The number of ether oxygens (including phenoxy) is 2. The molecule has 43 heavy (non-hydrogen) atoms. The van der Waals surface area contributed by atoms with Crippen molar-refractivity contribution in [2.24, 2.45) is 5.92 Å². The highest BCUT2D eigenvalue weighted by Crippen LogP contribution is 2.28. The number of fused-ring (bicyclic) bond motifs is 14. The Kier molecular flexibility index (Phi) is 8.83. The van der Waals surface area contributed by atoms with Gasteiger partial charge in [0.2, 0.25) is 17.3 Å². The molecule has 0 unspecified atom stereocenters. The highest BCUT2D eigenvalue weighted by atomic mass is 16.5.